The second kappa shape index (κ2) is 10.6. The van der Waals surface area contributed by atoms with E-state index in [-0.39, 0.29) is 41.5 Å². The fraction of sp³-hybridized carbons (Fsp3) is 0.286. The molecule has 0 unspecified atom stereocenters. The number of sulfonamides is 1. The van der Waals surface area contributed by atoms with E-state index in [0.717, 1.165) is 11.1 Å². The zero-order valence-corrected chi connectivity index (χ0v) is 20.4. The lowest BCUT2D eigenvalue weighted by atomic mass is 10.0. The topological polar surface area (TPSA) is 71.5 Å². The molecule has 0 amide bonds. The predicted molar refractivity (Wildman–Crippen MR) is 132 cm³/mol. The molecule has 1 saturated heterocycles. The fourth-order valence-electron chi connectivity index (χ4n) is 4.45. The third-order valence-electron chi connectivity index (χ3n) is 6.30. The molecule has 0 bridgehead atoms. The maximum atomic E-state index is 13.3. The molecule has 0 spiro atoms. The minimum absolute atomic E-state index is 0.0903. The van der Waals surface area contributed by atoms with Gasteiger partial charge in [-0.2, -0.15) is 4.31 Å². The highest BCUT2D eigenvalue weighted by Crippen LogP contribution is 2.28. The normalized spacial score (nSPS) is 16.3. The molecule has 35 heavy (non-hydrogen) atoms. The van der Waals surface area contributed by atoms with Gasteiger partial charge in [0.2, 0.25) is 10.0 Å². The fourth-order valence-corrected chi connectivity index (χ4v) is 6.13. The van der Waals surface area contributed by atoms with Gasteiger partial charge in [-0.25, -0.2) is 12.8 Å². The summed E-state index contributed by atoms with van der Waals surface area (Å²) in [5, 5.41) is 0. The number of halogens is 1. The van der Waals surface area contributed by atoms with Crippen molar-refractivity contribution in [3.05, 3.63) is 101 Å². The van der Waals surface area contributed by atoms with Crippen molar-refractivity contribution in [2.75, 3.05) is 6.54 Å². The molecule has 0 aliphatic carbocycles. The maximum absolute atomic E-state index is 13.3. The molecule has 0 saturated carbocycles. The highest BCUT2D eigenvalue weighted by molar-refractivity contribution is 7.89. The number of carbonyl (C=O) groups is 2. The zero-order valence-electron chi connectivity index (χ0n) is 19.6. The summed E-state index contributed by atoms with van der Waals surface area (Å²) < 4.78 is 41.3. The van der Waals surface area contributed by atoms with Crippen molar-refractivity contribution >= 4 is 21.6 Å². The molecule has 4 rings (SSSR count). The Bertz CT molecular complexity index is 1320. The van der Waals surface area contributed by atoms with Crippen LogP contribution in [0.3, 0.4) is 0 Å². The number of nitrogens with zero attached hydrogens (tertiary/aromatic N) is 1. The van der Waals surface area contributed by atoms with E-state index in [1.807, 2.05) is 31.2 Å². The van der Waals surface area contributed by atoms with Crippen molar-refractivity contribution in [1.29, 1.82) is 0 Å². The van der Waals surface area contributed by atoms with Gasteiger partial charge in [-0.05, 0) is 60.7 Å². The molecule has 7 heteroatoms. The lowest BCUT2D eigenvalue weighted by Gasteiger charge is -2.23. The monoisotopic (exact) mass is 493 g/mol. The Morgan fingerprint density at radius 1 is 0.886 bits per heavy atom. The predicted octanol–water partition coefficient (Wildman–Crippen LogP) is 4.45. The van der Waals surface area contributed by atoms with Crippen molar-refractivity contribution in [1.82, 2.24) is 4.31 Å². The van der Waals surface area contributed by atoms with Gasteiger partial charge in [0.25, 0.3) is 0 Å². The highest BCUT2D eigenvalue weighted by Gasteiger charge is 2.39. The first-order valence-electron chi connectivity index (χ1n) is 11.7. The first-order valence-corrected chi connectivity index (χ1v) is 13.1. The van der Waals surface area contributed by atoms with Gasteiger partial charge in [-0.1, -0.05) is 54.1 Å². The van der Waals surface area contributed by atoms with Crippen LogP contribution in [0.4, 0.5) is 4.39 Å². The molecule has 5 nitrogen and oxygen atoms in total. The number of hydrogen-bond acceptors (Lipinski definition) is 4. The Morgan fingerprint density at radius 3 is 2.20 bits per heavy atom. The van der Waals surface area contributed by atoms with Crippen LogP contribution in [0.1, 0.15) is 35.1 Å². The molecule has 1 aliphatic heterocycles. The minimum Gasteiger partial charge on any atom is -0.299 e. The molecule has 3 aromatic carbocycles. The van der Waals surface area contributed by atoms with Crippen LogP contribution in [0, 0.1) is 12.7 Å². The SMILES string of the molecule is Cc1ccc(CC(=O)[C@@H]2CCCN2S(=O)(=O)c2ccc(CC(=O)Cc3cccc(F)c3)cc2)cc1. The summed E-state index contributed by atoms with van der Waals surface area (Å²) in [5.74, 6) is -0.579. The molecule has 0 radical (unpaired) electrons. The van der Waals surface area contributed by atoms with E-state index in [0.29, 0.717) is 30.5 Å². The van der Waals surface area contributed by atoms with Gasteiger partial charge in [0.1, 0.15) is 11.6 Å². The van der Waals surface area contributed by atoms with Crippen LogP contribution in [0.25, 0.3) is 0 Å². The van der Waals surface area contributed by atoms with E-state index in [1.165, 1.54) is 28.6 Å². The number of rotatable bonds is 9. The number of ketones is 2. The smallest absolute Gasteiger partial charge is 0.243 e. The Hall–Kier alpha value is -3.16. The van der Waals surface area contributed by atoms with Gasteiger partial charge in [-0.15, -0.1) is 0 Å². The van der Waals surface area contributed by atoms with Crippen LogP contribution in [0.2, 0.25) is 0 Å². The number of aryl methyl sites for hydroxylation is 1. The molecular weight excluding hydrogens is 465 g/mol. The summed E-state index contributed by atoms with van der Waals surface area (Å²) in [4.78, 5) is 25.5. The van der Waals surface area contributed by atoms with E-state index >= 15 is 0 Å². The van der Waals surface area contributed by atoms with Gasteiger partial charge in [0.05, 0.1) is 10.9 Å². The van der Waals surface area contributed by atoms with Crippen LogP contribution >= 0.6 is 0 Å². The third kappa shape index (κ3) is 6.10. The zero-order chi connectivity index (χ0) is 25.0. The van der Waals surface area contributed by atoms with Crippen LogP contribution in [-0.4, -0.2) is 36.9 Å². The minimum atomic E-state index is -3.84. The Morgan fingerprint density at radius 2 is 1.51 bits per heavy atom. The molecule has 0 N–H and O–H groups in total. The molecule has 1 fully saturated rings. The number of benzene rings is 3. The lowest BCUT2D eigenvalue weighted by Crippen LogP contribution is -2.41. The molecule has 1 aliphatic rings. The first kappa shape index (κ1) is 24.9. The van der Waals surface area contributed by atoms with Crippen molar-refractivity contribution in [3.63, 3.8) is 0 Å². The Kier molecular flexibility index (Phi) is 7.57. The average molecular weight is 494 g/mol. The van der Waals surface area contributed by atoms with Gasteiger partial charge >= 0.3 is 0 Å². The van der Waals surface area contributed by atoms with Crippen molar-refractivity contribution in [2.24, 2.45) is 0 Å². The summed E-state index contributed by atoms with van der Waals surface area (Å²) in [6.07, 6.45) is 1.57. The molecule has 0 aromatic heterocycles. The van der Waals surface area contributed by atoms with Crippen LogP contribution < -0.4 is 0 Å². The van der Waals surface area contributed by atoms with E-state index in [2.05, 4.69) is 0 Å². The summed E-state index contributed by atoms with van der Waals surface area (Å²) >= 11 is 0. The Labute approximate surface area is 205 Å². The van der Waals surface area contributed by atoms with Crippen LogP contribution in [-0.2, 0) is 38.9 Å². The second-order valence-electron chi connectivity index (χ2n) is 9.07. The highest BCUT2D eigenvalue weighted by atomic mass is 32.2. The standard InChI is InChI=1S/C28H28FNO4S/c1-20-7-9-22(10-8-20)19-28(32)27-6-3-15-30(27)35(33,34)26-13-11-21(12-14-26)17-25(31)18-23-4-2-5-24(29)16-23/h2,4-5,7-14,16,27H,3,6,15,17-19H2,1H3/t27-/m0/s1. The third-order valence-corrected chi connectivity index (χ3v) is 8.22. The number of hydrogen-bond donors (Lipinski definition) is 0. The second-order valence-corrected chi connectivity index (χ2v) is 11.0. The maximum Gasteiger partial charge on any atom is 0.243 e. The van der Waals surface area contributed by atoms with Gasteiger partial charge < -0.3 is 0 Å². The van der Waals surface area contributed by atoms with Gasteiger partial charge in [0.15, 0.2) is 5.78 Å². The summed E-state index contributed by atoms with van der Waals surface area (Å²) in [6.45, 7) is 2.28. The molecular formula is C28H28FNO4S. The molecule has 3 aromatic rings. The van der Waals surface area contributed by atoms with Crippen molar-refractivity contribution in [3.8, 4) is 0 Å². The molecule has 1 heterocycles. The Balaban J connectivity index is 1.42. The number of Topliss-reactive ketones (excluding diaryl/α,β-unsaturated/α-hetero) is 2. The summed E-state index contributed by atoms with van der Waals surface area (Å²) in [7, 11) is -3.84. The molecule has 1 atom stereocenters. The van der Waals surface area contributed by atoms with E-state index in [4.69, 9.17) is 0 Å². The van der Waals surface area contributed by atoms with Crippen LogP contribution in [0.15, 0.2) is 77.7 Å². The van der Waals surface area contributed by atoms with Crippen molar-refractivity contribution in [2.45, 2.75) is 50.0 Å². The van der Waals surface area contributed by atoms with E-state index in [1.54, 1.807) is 24.3 Å². The van der Waals surface area contributed by atoms with Gasteiger partial charge in [0, 0.05) is 25.8 Å². The van der Waals surface area contributed by atoms with E-state index in [9.17, 15) is 22.4 Å². The van der Waals surface area contributed by atoms with Gasteiger partial charge in [-0.3, -0.25) is 9.59 Å². The largest absolute Gasteiger partial charge is 0.299 e. The first-order chi connectivity index (χ1) is 16.7. The molecule has 182 valence electrons. The number of carbonyl (C=O) groups excluding carboxylic acids is 2. The summed E-state index contributed by atoms with van der Waals surface area (Å²) in [5.41, 5.74) is 3.26. The quantitative estimate of drug-likeness (QED) is 0.442. The van der Waals surface area contributed by atoms with Crippen LogP contribution in [0.5, 0.6) is 0 Å². The van der Waals surface area contributed by atoms with E-state index < -0.39 is 16.1 Å². The van der Waals surface area contributed by atoms with Crippen molar-refractivity contribution < 1.29 is 22.4 Å². The summed E-state index contributed by atoms with van der Waals surface area (Å²) in [6, 6.07) is 19.1. The lowest BCUT2D eigenvalue weighted by molar-refractivity contribution is -0.121. The average Bonchev–Trinajstić information content (AvgIpc) is 3.32.